The molecule has 1 N–H and O–H groups in total. The lowest BCUT2D eigenvalue weighted by Gasteiger charge is -2.08. The minimum Gasteiger partial charge on any atom is -0.485 e. The third-order valence-electron chi connectivity index (χ3n) is 4.72. The van der Waals surface area contributed by atoms with Gasteiger partial charge in [0, 0.05) is 10.7 Å². The van der Waals surface area contributed by atoms with Crippen LogP contribution in [0.1, 0.15) is 21.6 Å². The summed E-state index contributed by atoms with van der Waals surface area (Å²) in [5.41, 5.74) is 2.70. The molecule has 0 fully saturated rings. The second-order valence-electron chi connectivity index (χ2n) is 7.10. The summed E-state index contributed by atoms with van der Waals surface area (Å²) in [7, 11) is 0. The first-order valence-electron chi connectivity index (χ1n) is 9.69. The van der Waals surface area contributed by atoms with Gasteiger partial charge in [-0.05, 0) is 66.6 Å². The van der Waals surface area contributed by atoms with Crippen LogP contribution in [0.5, 0.6) is 5.75 Å². The summed E-state index contributed by atoms with van der Waals surface area (Å²) in [6.07, 6.45) is 1.54. The number of ether oxygens (including phenoxy) is 1. The Morgan fingerprint density at radius 1 is 1.03 bits per heavy atom. The number of nitrogens with zero attached hydrogens (tertiary/aromatic N) is 2. The molecule has 3 aromatic carbocycles. The monoisotopic (exact) mass is 453 g/mol. The van der Waals surface area contributed by atoms with Crippen molar-refractivity contribution in [2.75, 3.05) is 5.32 Å². The fraction of sp³-hybridized carbons (Fsp3) is 0.0833. The first kappa shape index (κ1) is 21.5. The average Bonchev–Trinajstić information content (AvgIpc) is 3.21. The van der Waals surface area contributed by atoms with E-state index in [2.05, 4.69) is 10.4 Å². The van der Waals surface area contributed by atoms with E-state index < -0.39 is 5.91 Å². The van der Waals surface area contributed by atoms with Gasteiger partial charge < -0.3 is 10.1 Å². The van der Waals surface area contributed by atoms with E-state index in [0.717, 1.165) is 11.1 Å². The molecule has 0 atom stereocenters. The predicted molar refractivity (Wildman–Crippen MR) is 118 cm³/mol. The summed E-state index contributed by atoms with van der Waals surface area (Å²) in [4.78, 5) is 13.0. The van der Waals surface area contributed by atoms with Crippen LogP contribution >= 0.6 is 11.6 Å². The van der Waals surface area contributed by atoms with Crippen LogP contribution in [0.25, 0.3) is 5.69 Å². The highest BCUT2D eigenvalue weighted by Crippen LogP contribution is 2.25. The Morgan fingerprint density at radius 3 is 2.34 bits per heavy atom. The second-order valence-corrected chi connectivity index (χ2v) is 7.50. The normalized spacial score (nSPS) is 10.8. The molecule has 8 heteroatoms. The zero-order chi connectivity index (χ0) is 22.7. The van der Waals surface area contributed by atoms with E-state index in [1.54, 1.807) is 30.3 Å². The predicted octanol–water partition coefficient (Wildman–Crippen LogP) is 5.94. The molecule has 0 aliphatic heterocycles. The minimum atomic E-state index is -0.500. The largest absolute Gasteiger partial charge is 0.485 e. The standard InChI is InChI=1S/C24H18ClF2N3O2/c1-15-2-9-19(12-21(15)25)28-24(31)23-22(32-14-16-3-5-17(26)6-4-16)13-30(29-23)20-10-7-18(27)8-11-20/h2-13H,14H2,1H3,(H,28,31). The third kappa shape index (κ3) is 4.95. The summed E-state index contributed by atoms with van der Waals surface area (Å²) in [5.74, 6) is -1.02. The van der Waals surface area contributed by atoms with Crippen molar-refractivity contribution in [3.63, 3.8) is 0 Å². The first-order valence-corrected chi connectivity index (χ1v) is 10.1. The Kier molecular flexibility index (Phi) is 6.18. The lowest BCUT2D eigenvalue weighted by atomic mass is 10.2. The highest BCUT2D eigenvalue weighted by Gasteiger charge is 2.20. The van der Waals surface area contributed by atoms with Crippen LogP contribution < -0.4 is 10.1 Å². The maximum absolute atomic E-state index is 13.3. The van der Waals surface area contributed by atoms with Gasteiger partial charge in [0.25, 0.3) is 5.91 Å². The van der Waals surface area contributed by atoms with Crippen molar-refractivity contribution >= 4 is 23.2 Å². The molecule has 4 aromatic rings. The molecular weight excluding hydrogens is 436 g/mol. The first-order chi connectivity index (χ1) is 15.4. The van der Waals surface area contributed by atoms with Crippen LogP contribution in [0, 0.1) is 18.6 Å². The number of aromatic nitrogens is 2. The summed E-state index contributed by atoms with van der Waals surface area (Å²) in [6.45, 7) is 1.96. The van der Waals surface area contributed by atoms with Gasteiger partial charge in [0.1, 0.15) is 18.2 Å². The molecule has 1 heterocycles. The molecule has 5 nitrogen and oxygen atoms in total. The topological polar surface area (TPSA) is 56.2 Å². The molecule has 0 unspecified atom stereocenters. The van der Waals surface area contributed by atoms with Crippen molar-refractivity contribution in [1.82, 2.24) is 9.78 Å². The van der Waals surface area contributed by atoms with Gasteiger partial charge in [0.2, 0.25) is 0 Å². The molecule has 4 rings (SSSR count). The molecule has 0 bridgehead atoms. The fourth-order valence-corrected chi connectivity index (χ4v) is 3.13. The Balaban J connectivity index is 1.62. The molecule has 0 saturated carbocycles. The Labute approximate surface area is 188 Å². The number of aryl methyl sites for hydroxylation is 1. The van der Waals surface area contributed by atoms with Gasteiger partial charge in [-0.2, -0.15) is 5.10 Å². The lowest BCUT2D eigenvalue weighted by Crippen LogP contribution is -2.14. The quantitative estimate of drug-likeness (QED) is 0.393. The van der Waals surface area contributed by atoms with E-state index >= 15 is 0 Å². The molecule has 0 aliphatic carbocycles. The third-order valence-corrected chi connectivity index (χ3v) is 5.13. The zero-order valence-electron chi connectivity index (χ0n) is 17.0. The van der Waals surface area contributed by atoms with Gasteiger partial charge in [0.05, 0.1) is 11.9 Å². The van der Waals surface area contributed by atoms with Crippen molar-refractivity contribution in [1.29, 1.82) is 0 Å². The van der Waals surface area contributed by atoms with Crippen molar-refractivity contribution in [3.05, 3.63) is 106 Å². The average molecular weight is 454 g/mol. The van der Waals surface area contributed by atoms with Crippen molar-refractivity contribution in [3.8, 4) is 11.4 Å². The lowest BCUT2D eigenvalue weighted by molar-refractivity contribution is 0.101. The number of carbonyl (C=O) groups is 1. The Hall–Kier alpha value is -3.71. The van der Waals surface area contributed by atoms with Gasteiger partial charge in [0.15, 0.2) is 11.4 Å². The van der Waals surface area contributed by atoms with Gasteiger partial charge in [-0.3, -0.25) is 4.79 Å². The number of benzene rings is 3. The van der Waals surface area contributed by atoms with Crippen LogP contribution in [-0.4, -0.2) is 15.7 Å². The molecule has 0 aliphatic rings. The van der Waals surface area contributed by atoms with Crippen LogP contribution in [0.15, 0.2) is 72.9 Å². The van der Waals surface area contributed by atoms with Crippen LogP contribution in [0.3, 0.4) is 0 Å². The summed E-state index contributed by atoms with van der Waals surface area (Å²) < 4.78 is 33.7. The van der Waals surface area contributed by atoms with Crippen LogP contribution in [-0.2, 0) is 6.61 Å². The summed E-state index contributed by atoms with van der Waals surface area (Å²) >= 11 is 6.15. The number of amides is 1. The number of halogens is 3. The molecule has 32 heavy (non-hydrogen) atoms. The van der Waals surface area contributed by atoms with Crippen molar-refractivity contribution < 1.29 is 18.3 Å². The van der Waals surface area contributed by atoms with Gasteiger partial charge >= 0.3 is 0 Å². The second kappa shape index (κ2) is 9.20. The molecule has 162 valence electrons. The van der Waals surface area contributed by atoms with Crippen LogP contribution in [0.4, 0.5) is 14.5 Å². The Bertz CT molecular complexity index is 1260. The number of hydrogen-bond acceptors (Lipinski definition) is 3. The van der Waals surface area contributed by atoms with Gasteiger partial charge in [-0.1, -0.05) is 29.8 Å². The number of nitrogens with one attached hydrogen (secondary N) is 1. The number of rotatable bonds is 6. The highest BCUT2D eigenvalue weighted by molar-refractivity contribution is 6.31. The molecule has 0 radical (unpaired) electrons. The molecular formula is C24H18ClF2N3O2. The molecule has 0 spiro atoms. The number of hydrogen-bond donors (Lipinski definition) is 1. The Morgan fingerprint density at radius 2 is 1.69 bits per heavy atom. The van der Waals surface area contributed by atoms with E-state index in [4.69, 9.17) is 16.3 Å². The van der Waals surface area contributed by atoms with Crippen LogP contribution in [0.2, 0.25) is 5.02 Å². The van der Waals surface area contributed by atoms with E-state index in [9.17, 15) is 13.6 Å². The van der Waals surface area contributed by atoms with E-state index in [1.165, 1.54) is 47.3 Å². The highest BCUT2D eigenvalue weighted by atomic mass is 35.5. The zero-order valence-corrected chi connectivity index (χ0v) is 17.7. The smallest absolute Gasteiger partial charge is 0.280 e. The fourth-order valence-electron chi connectivity index (χ4n) is 2.95. The van der Waals surface area contributed by atoms with E-state index in [-0.39, 0.29) is 29.7 Å². The maximum atomic E-state index is 13.3. The summed E-state index contributed by atoms with van der Waals surface area (Å²) in [6, 6.07) is 16.7. The van der Waals surface area contributed by atoms with E-state index in [1.807, 2.05) is 6.92 Å². The number of anilines is 1. The minimum absolute atomic E-state index is 0.0353. The molecule has 1 aromatic heterocycles. The van der Waals surface area contributed by atoms with Gasteiger partial charge in [-0.15, -0.1) is 0 Å². The molecule has 1 amide bonds. The number of carbonyl (C=O) groups excluding carboxylic acids is 1. The molecule has 0 saturated heterocycles. The van der Waals surface area contributed by atoms with Gasteiger partial charge in [-0.25, -0.2) is 13.5 Å². The van der Waals surface area contributed by atoms with Crippen molar-refractivity contribution in [2.45, 2.75) is 13.5 Å². The van der Waals surface area contributed by atoms with E-state index in [0.29, 0.717) is 16.4 Å². The summed E-state index contributed by atoms with van der Waals surface area (Å²) in [5, 5.41) is 7.61. The maximum Gasteiger partial charge on any atom is 0.280 e. The SMILES string of the molecule is Cc1ccc(NC(=O)c2nn(-c3ccc(F)cc3)cc2OCc2ccc(F)cc2)cc1Cl. The van der Waals surface area contributed by atoms with Crippen molar-refractivity contribution in [2.24, 2.45) is 0 Å².